The summed E-state index contributed by atoms with van der Waals surface area (Å²) in [6, 6.07) is 24.2. The van der Waals surface area contributed by atoms with Crippen LogP contribution in [0.25, 0.3) is 0 Å². The lowest BCUT2D eigenvalue weighted by molar-refractivity contribution is -0.161. The molecule has 3 heterocycles. The van der Waals surface area contributed by atoms with E-state index in [1.165, 1.54) is 0 Å². The number of ether oxygens (including phenoxy) is 1. The third-order valence-corrected chi connectivity index (χ3v) is 6.29. The fourth-order valence-electron chi connectivity index (χ4n) is 4.76. The van der Waals surface area contributed by atoms with E-state index in [0.29, 0.717) is 0 Å². The standard InChI is InChI=1S/C25H21N3O2/c1-2-16-12-13-20-19(14-16)25(24(29)26-20)28-22(18-10-6-7-11-23(18)30-25)15-21(27-28)17-8-4-3-5-9-17/h3-14,22H,2,15H2,1H3,(H,26,29)/t22-,25-/m0/s1. The van der Waals surface area contributed by atoms with E-state index in [1.54, 1.807) is 0 Å². The minimum atomic E-state index is -1.30. The number of fused-ring (bicyclic) bond motifs is 6. The number of rotatable bonds is 2. The molecule has 0 saturated carbocycles. The Kier molecular flexibility index (Phi) is 3.57. The monoisotopic (exact) mass is 395 g/mol. The summed E-state index contributed by atoms with van der Waals surface area (Å²) < 4.78 is 6.52. The smallest absolute Gasteiger partial charge is 0.306 e. The first-order valence-corrected chi connectivity index (χ1v) is 10.4. The molecule has 5 heteroatoms. The first kappa shape index (κ1) is 17.3. The SMILES string of the molecule is CCc1ccc2c(c1)[C@]1(Oc3ccccc3[C@@H]3CC(c4ccccc4)=NN31)C(=O)N2. The van der Waals surface area contributed by atoms with Gasteiger partial charge in [-0.15, -0.1) is 0 Å². The van der Waals surface area contributed by atoms with Crippen LogP contribution >= 0.6 is 0 Å². The second-order valence-corrected chi connectivity index (χ2v) is 7.95. The van der Waals surface area contributed by atoms with Crippen molar-refractivity contribution in [3.8, 4) is 5.75 Å². The number of aryl methyl sites for hydroxylation is 1. The van der Waals surface area contributed by atoms with Crippen LogP contribution in [0.2, 0.25) is 0 Å². The average Bonchev–Trinajstić information content (AvgIpc) is 3.35. The maximum Gasteiger partial charge on any atom is 0.306 e. The van der Waals surface area contributed by atoms with E-state index in [2.05, 4.69) is 42.6 Å². The lowest BCUT2D eigenvalue weighted by atomic mass is 9.91. The Morgan fingerprint density at radius 3 is 2.73 bits per heavy atom. The summed E-state index contributed by atoms with van der Waals surface area (Å²) in [5.74, 6) is 0.552. The summed E-state index contributed by atoms with van der Waals surface area (Å²) in [5, 5.41) is 9.90. The second kappa shape index (κ2) is 6.20. The van der Waals surface area contributed by atoms with Crippen LogP contribution in [0, 0.1) is 0 Å². The number of anilines is 1. The van der Waals surface area contributed by atoms with Gasteiger partial charge < -0.3 is 10.1 Å². The third kappa shape index (κ3) is 2.23. The van der Waals surface area contributed by atoms with Crippen molar-refractivity contribution in [3.63, 3.8) is 0 Å². The number of amides is 1. The predicted molar refractivity (Wildman–Crippen MR) is 115 cm³/mol. The van der Waals surface area contributed by atoms with Crippen molar-refractivity contribution >= 4 is 17.3 Å². The van der Waals surface area contributed by atoms with Gasteiger partial charge in [-0.05, 0) is 35.7 Å². The van der Waals surface area contributed by atoms with Gasteiger partial charge in [0, 0.05) is 12.0 Å². The predicted octanol–water partition coefficient (Wildman–Crippen LogP) is 4.60. The zero-order valence-electron chi connectivity index (χ0n) is 16.6. The summed E-state index contributed by atoms with van der Waals surface area (Å²) in [6.45, 7) is 2.11. The molecule has 0 aliphatic carbocycles. The van der Waals surface area contributed by atoms with Crippen molar-refractivity contribution in [3.05, 3.63) is 95.1 Å². The Balaban J connectivity index is 1.58. The van der Waals surface area contributed by atoms with Crippen LogP contribution < -0.4 is 10.1 Å². The molecular weight excluding hydrogens is 374 g/mol. The normalized spacial score (nSPS) is 23.4. The maximum absolute atomic E-state index is 13.5. The van der Waals surface area contributed by atoms with Crippen molar-refractivity contribution in [2.45, 2.75) is 31.5 Å². The van der Waals surface area contributed by atoms with Crippen LogP contribution in [0.3, 0.4) is 0 Å². The van der Waals surface area contributed by atoms with Crippen LogP contribution in [-0.4, -0.2) is 16.6 Å². The molecule has 0 bridgehead atoms. The molecule has 30 heavy (non-hydrogen) atoms. The molecule has 0 radical (unpaired) electrons. The van der Waals surface area contributed by atoms with Crippen molar-refractivity contribution in [2.24, 2.45) is 5.10 Å². The summed E-state index contributed by atoms with van der Waals surface area (Å²) >= 11 is 0. The first-order valence-electron chi connectivity index (χ1n) is 10.4. The molecule has 1 N–H and O–H groups in total. The molecule has 3 aliphatic rings. The summed E-state index contributed by atoms with van der Waals surface area (Å²) in [5.41, 5.74) is 4.59. The molecule has 1 amide bonds. The van der Waals surface area contributed by atoms with Crippen molar-refractivity contribution < 1.29 is 9.53 Å². The average molecular weight is 395 g/mol. The lowest BCUT2D eigenvalue weighted by Gasteiger charge is -2.44. The van der Waals surface area contributed by atoms with Crippen LogP contribution in [-0.2, 0) is 16.9 Å². The molecular formula is C25H21N3O2. The summed E-state index contributed by atoms with van der Waals surface area (Å²) in [7, 11) is 0. The van der Waals surface area contributed by atoms with Crippen molar-refractivity contribution in [1.29, 1.82) is 0 Å². The number of hydrogen-bond donors (Lipinski definition) is 1. The molecule has 6 rings (SSSR count). The number of para-hydroxylation sites is 1. The fraction of sp³-hybridized carbons (Fsp3) is 0.200. The number of hydrazone groups is 1. The first-order chi connectivity index (χ1) is 14.7. The highest BCUT2D eigenvalue weighted by molar-refractivity contribution is 6.07. The Hall–Kier alpha value is -3.60. The Labute approximate surface area is 175 Å². The van der Waals surface area contributed by atoms with Gasteiger partial charge in [0.1, 0.15) is 5.75 Å². The van der Waals surface area contributed by atoms with Gasteiger partial charge in [-0.1, -0.05) is 61.5 Å². The minimum Gasteiger partial charge on any atom is -0.453 e. The highest BCUT2D eigenvalue weighted by Crippen LogP contribution is 2.54. The van der Waals surface area contributed by atoms with Gasteiger partial charge in [-0.25, -0.2) is 5.01 Å². The van der Waals surface area contributed by atoms with Crippen molar-refractivity contribution in [2.75, 3.05) is 5.32 Å². The van der Waals surface area contributed by atoms with E-state index >= 15 is 0 Å². The second-order valence-electron chi connectivity index (χ2n) is 7.95. The molecule has 0 unspecified atom stereocenters. The number of carbonyl (C=O) groups is 1. The topological polar surface area (TPSA) is 53.9 Å². The minimum absolute atomic E-state index is 0.0628. The van der Waals surface area contributed by atoms with Crippen LogP contribution in [0.5, 0.6) is 5.75 Å². The van der Waals surface area contributed by atoms with Gasteiger partial charge in [-0.2, -0.15) is 5.10 Å². The van der Waals surface area contributed by atoms with E-state index in [1.807, 2.05) is 47.5 Å². The summed E-state index contributed by atoms with van der Waals surface area (Å²) in [4.78, 5) is 13.5. The van der Waals surface area contributed by atoms with Gasteiger partial charge in [0.2, 0.25) is 0 Å². The molecule has 3 aromatic carbocycles. The number of benzene rings is 3. The van der Waals surface area contributed by atoms with Crippen LogP contribution in [0.15, 0.2) is 77.9 Å². The van der Waals surface area contributed by atoms with Gasteiger partial charge >= 0.3 is 5.72 Å². The highest BCUT2D eigenvalue weighted by atomic mass is 16.5. The molecule has 3 aliphatic heterocycles. The van der Waals surface area contributed by atoms with Gasteiger partial charge in [-0.3, -0.25) is 4.79 Å². The quantitative estimate of drug-likeness (QED) is 0.690. The number of nitrogens with zero attached hydrogens (tertiary/aromatic N) is 2. The van der Waals surface area contributed by atoms with Gasteiger partial charge in [0.25, 0.3) is 5.91 Å². The Bertz CT molecular complexity index is 1200. The number of hydrogen-bond acceptors (Lipinski definition) is 4. The number of carbonyl (C=O) groups excluding carboxylic acids is 1. The van der Waals surface area contributed by atoms with Crippen LogP contribution in [0.4, 0.5) is 5.69 Å². The number of nitrogens with one attached hydrogen (secondary N) is 1. The zero-order valence-corrected chi connectivity index (χ0v) is 16.6. The molecule has 2 atom stereocenters. The molecule has 0 fully saturated rings. The Morgan fingerprint density at radius 2 is 1.90 bits per heavy atom. The lowest BCUT2D eigenvalue weighted by Crippen LogP contribution is -2.55. The third-order valence-electron chi connectivity index (χ3n) is 6.29. The van der Waals surface area contributed by atoms with E-state index in [4.69, 9.17) is 9.84 Å². The van der Waals surface area contributed by atoms with Crippen LogP contribution in [0.1, 0.15) is 41.6 Å². The highest BCUT2D eigenvalue weighted by Gasteiger charge is 2.60. The molecule has 0 saturated heterocycles. The Morgan fingerprint density at radius 1 is 1.10 bits per heavy atom. The summed E-state index contributed by atoms with van der Waals surface area (Å²) in [6.07, 6.45) is 1.61. The molecule has 1 spiro atoms. The van der Waals surface area contributed by atoms with E-state index in [-0.39, 0.29) is 11.9 Å². The molecule has 0 aromatic heterocycles. The zero-order chi connectivity index (χ0) is 20.3. The fourth-order valence-corrected chi connectivity index (χ4v) is 4.76. The van der Waals surface area contributed by atoms with E-state index in [0.717, 1.165) is 52.2 Å². The van der Waals surface area contributed by atoms with Gasteiger partial charge in [0.15, 0.2) is 0 Å². The maximum atomic E-state index is 13.5. The molecule has 148 valence electrons. The van der Waals surface area contributed by atoms with E-state index in [9.17, 15) is 4.79 Å². The van der Waals surface area contributed by atoms with Crippen molar-refractivity contribution in [1.82, 2.24) is 5.01 Å². The largest absolute Gasteiger partial charge is 0.453 e. The molecule has 5 nitrogen and oxygen atoms in total. The molecule has 3 aromatic rings. The van der Waals surface area contributed by atoms with Gasteiger partial charge in [0.05, 0.1) is 23.0 Å². The van der Waals surface area contributed by atoms with E-state index < -0.39 is 5.72 Å².